The van der Waals surface area contributed by atoms with Crippen LogP contribution in [0.5, 0.6) is 5.75 Å². The van der Waals surface area contributed by atoms with Crippen molar-refractivity contribution in [2.24, 2.45) is 4.99 Å². The molecule has 0 bridgehead atoms. The van der Waals surface area contributed by atoms with Crippen LogP contribution in [0.4, 0.5) is 5.69 Å². The third-order valence-corrected chi connectivity index (χ3v) is 3.13. The molecule has 1 aliphatic heterocycles. The second-order valence-electron chi connectivity index (χ2n) is 4.41. The highest BCUT2D eigenvalue weighted by atomic mass is 16.5. The van der Waals surface area contributed by atoms with Gasteiger partial charge in [-0.1, -0.05) is 6.07 Å². The topological polar surface area (TPSA) is 51.5 Å². The monoisotopic (exact) mass is 252 g/mol. The number of hydrogen-bond acceptors (Lipinski definition) is 4. The number of benzene rings is 1. The van der Waals surface area contributed by atoms with Crippen LogP contribution in [0.15, 0.2) is 41.5 Å². The Kier molecular flexibility index (Phi) is 2.83. The number of carbonyl (C=O) groups excluding carboxylic acids is 1. The number of aromatic nitrogens is 1. The predicted molar refractivity (Wildman–Crippen MR) is 72.0 cm³/mol. The van der Waals surface area contributed by atoms with Crippen LogP contribution in [0.1, 0.15) is 16.8 Å². The van der Waals surface area contributed by atoms with E-state index in [1.165, 1.54) is 0 Å². The maximum Gasteiger partial charge on any atom is 0.298 e. The van der Waals surface area contributed by atoms with Gasteiger partial charge < -0.3 is 4.74 Å². The van der Waals surface area contributed by atoms with Gasteiger partial charge in [-0.2, -0.15) is 0 Å². The number of pyridine rings is 1. The van der Waals surface area contributed by atoms with Crippen LogP contribution in [-0.2, 0) is 11.2 Å². The molecule has 0 saturated carbocycles. The number of nitrogens with zero attached hydrogens (tertiary/aromatic N) is 2. The van der Waals surface area contributed by atoms with E-state index in [1.54, 1.807) is 6.20 Å². The first-order valence-corrected chi connectivity index (χ1v) is 6.01. The maximum atomic E-state index is 10.5. The summed E-state index contributed by atoms with van der Waals surface area (Å²) in [5, 5.41) is 0. The molecule has 0 atom stereocenters. The summed E-state index contributed by atoms with van der Waals surface area (Å²) in [6.45, 7) is 2.34. The Bertz CT molecular complexity index is 663. The molecule has 0 spiro atoms. The van der Waals surface area contributed by atoms with Crippen molar-refractivity contribution in [3.63, 3.8) is 0 Å². The normalized spacial score (nSPS) is 12.8. The van der Waals surface area contributed by atoms with E-state index in [4.69, 9.17) is 4.74 Å². The number of carbonyl (C=O) groups is 1. The number of aliphatic imine (C=N–C) groups is 1. The van der Waals surface area contributed by atoms with Gasteiger partial charge in [-0.05, 0) is 42.3 Å². The summed E-state index contributed by atoms with van der Waals surface area (Å²) >= 11 is 0. The minimum absolute atomic E-state index is 0.449. The summed E-state index contributed by atoms with van der Waals surface area (Å²) in [5.41, 5.74) is 4.71. The quantitative estimate of drug-likeness (QED) is 0.789. The molecule has 3 rings (SSSR count). The van der Waals surface area contributed by atoms with E-state index in [1.807, 2.05) is 37.3 Å². The Morgan fingerprint density at radius 2 is 2.21 bits per heavy atom. The van der Waals surface area contributed by atoms with Crippen molar-refractivity contribution in [2.75, 3.05) is 0 Å². The number of fused-ring (bicyclic) bond motifs is 1. The van der Waals surface area contributed by atoms with Crippen molar-refractivity contribution in [2.45, 2.75) is 13.3 Å². The molecule has 4 heteroatoms. The lowest BCUT2D eigenvalue weighted by atomic mass is 10.1. The van der Waals surface area contributed by atoms with E-state index >= 15 is 0 Å². The summed E-state index contributed by atoms with van der Waals surface area (Å²) in [4.78, 5) is 19.4. The fourth-order valence-corrected chi connectivity index (χ4v) is 2.19. The van der Waals surface area contributed by atoms with Crippen molar-refractivity contribution in [1.82, 2.24) is 4.98 Å². The van der Waals surface area contributed by atoms with Gasteiger partial charge in [0.25, 0.3) is 6.47 Å². The molecule has 19 heavy (non-hydrogen) atoms. The third-order valence-electron chi connectivity index (χ3n) is 3.13. The van der Waals surface area contributed by atoms with Gasteiger partial charge in [0, 0.05) is 12.6 Å². The molecule has 4 nitrogen and oxygen atoms in total. The minimum atomic E-state index is 0.449. The molecule has 0 unspecified atom stereocenters. The SMILES string of the molecule is Cc1cc2c(cc1OC=O)CC(c1ccccn1)=N2. The predicted octanol–water partition coefficient (Wildman–Crippen LogP) is 2.60. The zero-order chi connectivity index (χ0) is 13.2. The summed E-state index contributed by atoms with van der Waals surface area (Å²) in [5.74, 6) is 0.589. The standard InChI is InChI=1S/C15H12N2O2/c1-10-6-13-11(8-15(10)19-9-18)7-14(17-13)12-4-2-3-5-16-12/h2-6,8-9H,7H2,1H3. The number of aryl methyl sites for hydroxylation is 1. The lowest BCUT2D eigenvalue weighted by Gasteiger charge is -2.05. The average molecular weight is 252 g/mol. The zero-order valence-corrected chi connectivity index (χ0v) is 10.5. The van der Waals surface area contributed by atoms with Gasteiger partial charge in [0.15, 0.2) is 0 Å². The second kappa shape index (κ2) is 4.65. The van der Waals surface area contributed by atoms with Gasteiger partial charge in [0.05, 0.1) is 17.1 Å². The summed E-state index contributed by atoms with van der Waals surface area (Å²) in [6.07, 6.45) is 2.47. The number of hydrogen-bond donors (Lipinski definition) is 0. The minimum Gasteiger partial charge on any atom is -0.428 e. The molecule has 1 aliphatic rings. The first-order chi connectivity index (χ1) is 9.28. The van der Waals surface area contributed by atoms with E-state index in [-0.39, 0.29) is 0 Å². The Hall–Kier alpha value is -2.49. The summed E-state index contributed by atoms with van der Waals surface area (Å²) < 4.78 is 4.96. The van der Waals surface area contributed by atoms with E-state index < -0.39 is 0 Å². The molecular formula is C15H12N2O2. The van der Waals surface area contributed by atoms with Crippen LogP contribution in [0.2, 0.25) is 0 Å². The van der Waals surface area contributed by atoms with Crippen molar-refractivity contribution in [3.8, 4) is 5.75 Å². The molecule has 0 aliphatic carbocycles. The first kappa shape index (κ1) is 11.6. The van der Waals surface area contributed by atoms with Crippen LogP contribution in [0.25, 0.3) is 0 Å². The number of rotatable bonds is 3. The van der Waals surface area contributed by atoms with Crippen LogP contribution >= 0.6 is 0 Å². The molecule has 0 radical (unpaired) electrons. The lowest BCUT2D eigenvalue weighted by Crippen LogP contribution is -2.02. The molecular weight excluding hydrogens is 240 g/mol. The van der Waals surface area contributed by atoms with Gasteiger partial charge in [0.2, 0.25) is 0 Å². The van der Waals surface area contributed by atoms with E-state index in [0.29, 0.717) is 18.6 Å². The van der Waals surface area contributed by atoms with E-state index in [2.05, 4.69) is 9.98 Å². The molecule has 0 saturated heterocycles. The second-order valence-corrected chi connectivity index (χ2v) is 4.41. The molecule has 94 valence electrons. The fraction of sp³-hybridized carbons (Fsp3) is 0.133. The Labute approximate surface area is 110 Å². The highest BCUT2D eigenvalue weighted by Crippen LogP contribution is 2.34. The molecule has 2 heterocycles. The maximum absolute atomic E-state index is 10.5. The van der Waals surface area contributed by atoms with Gasteiger partial charge in [0.1, 0.15) is 5.75 Å². The summed E-state index contributed by atoms with van der Waals surface area (Å²) in [6, 6.07) is 9.58. The van der Waals surface area contributed by atoms with Crippen molar-refractivity contribution in [1.29, 1.82) is 0 Å². The van der Waals surface area contributed by atoms with Crippen LogP contribution < -0.4 is 4.74 Å². The molecule has 0 fully saturated rings. The lowest BCUT2D eigenvalue weighted by molar-refractivity contribution is -0.120. The van der Waals surface area contributed by atoms with E-state index in [0.717, 1.165) is 28.2 Å². The van der Waals surface area contributed by atoms with Crippen LogP contribution in [-0.4, -0.2) is 17.2 Å². The van der Waals surface area contributed by atoms with Gasteiger partial charge in [-0.25, -0.2) is 0 Å². The fourth-order valence-electron chi connectivity index (χ4n) is 2.19. The largest absolute Gasteiger partial charge is 0.428 e. The zero-order valence-electron chi connectivity index (χ0n) is 10.5. The molecule has 1 aromatic heterocycles. The Balaban J connectivity index is 1.97. The van der Waals surface area contributed by atoms with Crippen molar-refractivity contribution >= 4 is 17.9 Å². The van der Waals surface area contributed by atoms with Crippen molar-refractivity contribution < 1.29 is 9.53 Å². The van der Waals surface area contributed by atoms with Crippen molar-refractivity contribution in [3.05, 3.63) is 53.3 Å². The highest BCUT2D eigenvalue weighted by Gasteiger charge is 2.18. The first-order valence-electron chi connectivity index (χ1n) is 6.01. The van der Waals surface area contributed by atoms with E-state index in [9.17, 15) is 4.79 Å². The third kappa shape index (κ3) is 2.12. The summed E-state index contributed by atoms with van der Waals surface area (Å²) in [7, 11) is 0. The highest BCUT2D eigenvalue weighted by molar-refractivity contribution is 6.05. The Morgan fingerprint density at radius 3 is 2.95 bits per heavy atom. The Morgan fingerprint density at radius 1 is 1.32 bits per heavy atom. The molecule has 1 aromatic carbocycles. The molecule has 0 amide bonds. The molecule has 0 N–H and O–H groups in total. The molecule has 2 aromatic rings. The van der Waals surface area contributed by atoms with Crippen LogP contribution in [0, 0.1) is 6.92 Å². The van der Waals surface area contributed by atoms with Gasteiger partial charge in [-0.3, -0.25) is 14.8 Å². The number of ether oxygens (including phenoxy) is 1. The van der Waals surface area contributed by atoms with Gasteiger partial charge in [-0.15, -0.1) is 0 Å². The smallest absolute Gasteiger partial charge is 0.298 e. The average Bonchev–Trinajstić information content (AvgIpc) is 2.83. The van der Waals surface area contributed by atoms with Crippen LogP contribution in [0.3, 0.4) is 0 Å². The van der Waals surface area contributed by atoms with Gasteiger partial charge >= 0.3 is 0 Å².